The molecule has 0 aromatic rings. The number of hydrogen-bond acceptors (Lipinski definition) is 12. The van der Waals surface area contributed by atoms with E-state index < -0.39 is 93.9 Å². The Bertz CT molecular complexity index is 1230. The van der Waals surface area contributed by atoms with Crippen molar-refractivity contribution in [2.45, 2.75) is 78.1 Å². The third-order valence-corrected chi connectivity index (χ3v) is 2.46. The molecule has 458 valence electrons. The molecule has 0 spiro atoms. The summed E-state index contributed by atoms with van der Waals surface area (Å²) in [5.41, 5.74) is 0. The lowest BCUT2D eigenvalue weighted by Gasteiger charge is -1.99. The fourth-order valence-electron chi connectivity index (χ4n) is 1.56. The average Bonchev–Trinajstić information content (AvgIpc) is 2.83. The largest absolute Gasteiger partial charge is 0.466 e. The maximum atomic E-state index is 8.88. The molecular weight excluding hydrogens is 1280 g/mol. The van der Waals surface area contributed by atoms with Crippen molar-refractivity contribution in [3.05, 3.63) is 0 Å². The zero-order chi connectivity index (χ0) is 63.1. The molecule has 0 bridgehead atoms. The number of unbranched alkanes of at least 4 members (excludes halogenated alkanes) is 9. The van der Waals surface area contributed by atoms with Crippen LogP contribution < -0.4 is 0 Å². The second-order valence-corrected chi connectivity index (χ2v) is 22.3. The molecular formula is C12H62O48P12. The van der Waals surface area contributed by atoms with Crippen LogP contribution in [-0.2, 0) is 54.8 Å². The van der Waals surface area contributed by atoms with Crippen LogP contribution in [-0.4, -0.2) is 176 Å². The SMILES string of the molecule is CCCCCCCCCCCC.O=P(O)(O)O.O=P(O)(O)O.O=P(O)(O)O.O=P(O)(O)O.O=P(O)(O)O.O=P(O)(O)O.O=P(O)(O)O.O=P(O)(O)O.O=P(O)(O)O.O=P(O)(O)O.O=P(O)(O)O.O=P(O)(O)O. The van der Waals surface area contributed by atoms with Gasteiger partial charge in [-0.3, -0.25) is 0 Å². The maximum absolute atomic E-state index is 8.88. The van der Waals surface area contributed by atoms with Crippen LogP contribution in [0.4, 0.5) is 0 Å². The molecule has 0 radical (unpaired) electrons. The van der Waals surface area contributed by atoms with Gasteiger partial charge in [-0.1, -0.05) is 78.1 Å². The van der Waals surface area contributed by atoms with Gasteiger partial charge in [0, 0.05) is 0 Å². The molecule has 0 aliphatic heterocycles. The Kier molecular flexibility index (Phi) is 77.6. The van der Waals surface area contributed by atoms with E-state index in [1.807, 2.05) is 0 Å². The number of rotatable bonds is 9. The third-order valence-electron chi connectivity index (χ3n) is 2.46. The molecule has 0 fully saturated rings. The number of phosphoric acid groups is 12. The van der Waals surface area contributed by atoms with Crippen molar-refractivity contribution in [3.63, 3.8) is 0 Å². The Morgan fingerprint density at radius 1 is 0.153 bits per heavy atom. The average molecular weight is 1350 g/mol. The predicted molar refractivity (Wildman–Crippen MR) is 229 cm³/mol. The zero-order valence-electron chi connectivity index (χ0n) is 35.4. The second-order valence-electron chi connectivity index (χ2n) is 9.99. The molecule has 0 heterocycles. The summed E-state index contributed by atoms with van der Waals surface area (Å²) in [6.07, 6.45) is 14.4. The lowest BCUT2D eigenvalue weighted by molar-refractivity contribution is 0.272. The molecule has 60 heteroatoms. The fourth-order valence-corrected chi connectivity index (χ4v) is 1.56. The van der Waals surface area contributed by atoms with E-state index in [2.05, 4.69) is 13.8 Å². The molecule has 0 saturated carbocycles. The summed E-state index contributed by atoms with van der Waals surface area (Å²) in [7, 11) is -55.7. The van der Waals surface area contributed by atoms with Gasteiger partial charge < -0.3 is 176 Å². The Balaban J connectivity index is -0.0000000483. The second kappa shape index (κ2) is 53.0. The van der Waals surface area contributed by atoms with Crippen molar-refractivity contribution >= 4 is 93.9 Å². The topological polar surface area (TPSA) is 933 Å². The monoisotopic (exact) mass is 1350 g/mol. The zero-order valence-corrected chi connectivity index (χ0v) is 46.2. The van der Waals surface area contributed by atoms with Crippen LogP contribution in [0.5, 0.6) is 0 Å². The Labute approximate surface area is 402 Å². The normalized spacial score (nSPS) is 11.6. The highest BCUT2D eigenvalue weighted by molar-refractivity contribution is 7.47. The standard InChI is InChI=1S/C12H26.12H3O4P/c1-3-5-7-9-11-12-10-8-6-4-2;12*1-5(2,3)4/h3-12H2,1-2H3;12*(H3,1,2,3,4). The van der Waals surface area contributed by atoms with Gasteiger partial charge in [-0.2, -0.15) is 0 Å². The Hall–Kier alpha value is 1.32. The van der Waals surface area contributed by atoms with Crippen LogP contribution in [0.15, 0.2) is 0 Å². The molecule has 0 aromatic heterocycles. The molecule has 0 rings (SSSR count). The van der Waals surface area contributed by atoms with Crippen molar-refractivity contribution in [1.29, 1.82) is 0 Å². The maximum Gasteiger partial charge on any atom is 0.466 e. The van der Waals surface area contributed by atoms with Crippen LogP contribution in [0.1, 0.15) is 78.1 Å². The van der Waals surface area contributed by atoms with E-state index in [0.717, 1.165) is 0 Å². The summed E-state index contributed by atoms with van der Waals surface area (Å²) >= 11 is 0. The van der Waals surface area contributed by atoms with Gasteiger partial charge >= 0.3 is 93.9 Å². The van der Waals surface area contributed by atoms with Crippen LogP contribution in [0, 0.1) is 0 Å². The van der Waals surface area contributed by atoms with E-state index in [4.69, 9.17) is 231 Å². The molecule has 0 saturated heterocycles. The van der Waals surface area contributed by atoms with Gasteiger partial charge in [0.05, 0.1) is 0 Å². The molecule has 0 aliphatic rings. The van der Waals surface area contributed by atoms with Crippen LogP contribution in [0.3, 0.4) is 0 Å². The van der Waals surface area contributed by atoms with Gasteiger partial charge in [0.15, 0.2) is 0 Å². The van der Waals surface area contributed by atoms with Crippen molar-refractivity contribution in [1.82, 2.24) is 0 Å². The third kappa shape index (κ3) is 3310. The highest BCUT2D eigenvalue weighted by atomic mass is 31.2. The molecule has 0 unspecified atom stereocenters. The summed E-state index contributed by atoms with van der Waals surface area (Å²) in [5.74, 6) is 0. The Morgan fingerprint density at radius 3 is 0.236 bits per heavy atom. The van der Waals surface area contributed by atoms with E-state index in [0.29, 0.717) is 0 Å². The van der Waals surface area contributed by atoms with Crippen LogP contribution in [0.25, 0.3) is 0 Å². The minimum atomic E-state index is -4.64. The Morgan fingerprint density at radius 2 is 0.194 bits per heavy atom. The number of hydrogen-bond donors (Lipinski definition) is 36. The molecule has 48 nitrogen and oxygen atoms in total. The van der Waals surface area contributed by atoms with Gasteiger partial charge in [0.1, 0.15) is 0 Å². The first-order chi connectivity index (χ1) is 29.9. The summed E-state index contributed by atoms with van der Waals surface area (Å²) in [6, 6.07) is 0. The van der Waals surface area contributed by atoms with E-state index >= 15 is 0 Å². The van der Waals surface area contributed by atoms with Crippen molar-refractivity contribution < 1.29 is 231 Å². The lowest BCUT2D eigenvalue weighted by Crippen LogP contribution is -1.80. The van der Waals surface area contributed by atoms with E-state index in [1.165, 1.54) is 64.2 Å². The minimum Gasteiger partial charge on any atom is -0.303 e. The van der Waals surface area contributed by atoms with E-state index in [1.54, 1.807) is 0 Å². The summed E-state index contributed by atoms with van der Waals surface area (Å²) < 4.78 is 107. The lowest BCUT2D eigenvalue weighted by atomic mass is 10.1. The van der Waals surface area contributed by atoms with Crippen molar-refractivity contribution in [2.75, 3.05) is 0 Å². The van der Waals surface area contributed by atoms with Gasteiger partial charge in [0.25, 0.3) is 0 Å². The molecule has 0 aliphatic carbocycles. The summed E-state index contributed by atoms with van der Waals surface area (Å²) in [4.78, 5) is 259. The predicted octanol–water partition coefficient (Wildman–Crippen LogP) is -6.22. The van der Waals surface area contributed by atoms with E-state index in [9.17, 15) is 0 Å². The quantitative estimate of drug-likeness (QED) is 0.0754. The fraction of sp³-hybridized carbons (Fsp3) is 1.00. The molecule has 72 heavy (non-hydrogen) atoms. The van der Waals surface area contributed by atoms with Crippen molar-refractivity contribution in [2.24, 2.45) is 0 Å². The van der Waals surface area contributed by atoms with Crippen molar-refractivity contribution in [3.8, 4) is 0 Å². The first-order valence-corrected chi connectivity index (χ1v) is 34.1. The molecule has 36 N–H and O–H groups in total. The van der Waals surface area contributed by atoms with Gasteiger partial charge in [-0.05, 0) is 0 Å². The van der Waals surface area contributed by atoms with Crippen LogP contribution in [0.2, 0.25) is 0 Å². The summed E-state index contributed by atoms with van der Waals surface area (Å²) in [5, 5.41) is 0. The molecule has 0 aromatic carbocycles. The first-order valence-electron chi connectivity index (χ1n) is 15.3. The van der Waals surface area contributed by atoms with Gasteiger partial charge in [-0.15, -0.1) is 0 Å². The van der Waals surface area contributed by atoms with Crippen LogP contribution >= 0.6 is 93.9 Å². The highest BCUT2D eigenvalue weighted by Gasteiger charge is 2.05. The smallest absolute Gasteiger partial charge is 0.303 e. The van der Waals surface area contributed by atoms with E-state index in [-0.39, 0.29) is 0 Å². The molecule has 0 amide bonds. The van der Waals surface area contributed by atoms with Gasteiger partial charge in [0.2, 0.25) is 0 Å². The van der Waals surface area contributed by atoms with Gasteiger partial charge in [-0.25, -0.2) is 54.8 Å². The first kappa shape index (κ1) is 105. The minimum absolute atomic E-state index is 1.37. The highest BCUT2D eigenvalue weighted by Crippen LogP contribution is 2.30. The molecule has 0 atom stereocenters. The summed E-state index contributed by atoms with van der Waals surface area (Å²) in [6.45, 7) is 4.56.